The van der Waals surface area contributed by atoms with Crippen LogP contribution in [0.1, 0.15) is 38.3 Å². The zero-order chi connectivity index (χ0) is 14.7. The maximum Gasteiger partial charge on any atom is 0.217 e. The number of carbonyl (C=O) groups is 1. The molecule has 3 N–H and O–H groups in total. The minimum absolute atomic E-state index is 0.0153. The minimum Gasteiger partial charge on any atom is -0.371 e. The van der Waals surface area contributed by atoms with E-state index in [9.17, 15) is 9.18 Å². The van der Waals surface area contributed by atoms with Gasteiger partial charge in [0.05, 0.1) is 0 Å². The Morgan fingerprint density at radius 1 is 1.45 bits per heavy atom. The molecule has 1 aromatic rings. The van der Waals surface area contributed by atoms with Gasteiger partial charge in [0.15, 0.2) is 0 Å². The van der Waals surface area contributed by atoms with E-state index in [0.29, 0.717) is 0 Å². The summed E-state index contributed by atoms with van der Waals surface area (Å²) in [7, 11) is 0. The SMILES string of the molecule is CC(=O)NC1CCN(c2ccc(F)cc2[C@H](C)N)CC1. The summed E-state index contributed by atoms with van der Waals surface area (Å²) in [5, 5.41) is 2.95. The number of rotatable bonds is 3. The van der Waals surface area contributed by atoms with Gasteiger partial charge in [0.1, 0.15) is 5.82 Å². The van der Waals surface area contributed by atoms with E-state index in [-0.39, 0.29) is 23.8 Å². The molecule has 1 amide bonds. The molecular weight excluding hydrogens is 257 g/mol. The van der Waals surface area contributed by atoms with Gasteiger partial charge in [-0.3, -0.25) is 4.79 Å². The Balaban J connectivity index is 2.09. The summed E-state index contributed by atoms with van der Waals surface area (Å²) in [4.78, 5) is 13.3. The van der Waals surface area contributed by atoms with Crippen LogP contribution < -0.4 is 16.0 Å². The number of nitrogens with zero attached hydrogens (tertiary/aromatic N) is 1. The molecule has 1 aliphatic heterocycles. The second-order valence-corrected chi connectivity index (χ2v) is 5.45. The Bertz CT molecular complexity index is 482. The summed E-state index contributed by atoms with van der Waals surface area (Å²) >= 11 is 0. The maximum atomic E-state index is 13.4. The smallest absolute Gasteiger partial charge is 0.217 e. The Morgan fingerprint density at radius 2 is 2.10 bits per heavy atom. The molecule has 1 aromatic carbocycles. The molecule has 0 unspecified atom stereocenters. The molecule has 1 aliphatic rings. The van der Waals surface area contributed by atoms with Gasteiger partial charge in [0.2, 0.25) is 5.91 Å². The lowest BCUT2D eigenvalue weighted by atomic mass is 10.0. The average Bonchev–Trinajstić information content (AvgIpc) is 2.39. The predicted molar refractivity (Wildman–Crippen MR) is 78.1 cm³/mol. The minimum atomic E-state index is -0.255. The van der Waals surface area contributed by atoms with Gasteiger partial charge in [0.25, 0.3) is 0 Å². The van der Waals surface area contributed by atoms with Gasteiger partial charge < -0.3 is 16.0 Å². The summed E-state index contributed by atoms with van der Waals surface area (Å²) in [6.07, 6.45) is 1.80. The van der Waals surface area contributed by atoms with Gasteiger partial charge in [-0.1, -0.05) is 0 Å². The molecule has 1 atom stereocenters. The molecule has 2 rings (SSSR count). The molecule has 1 saturated heterocycles. The van der Waals surface area contributed by atoms with Crippen molar-refractivity contribution < 1.29 is 9.18 Å². The van der Waals surface area contributed by atoms with E-state index in [1.165, 1.54) is 12.1 Å². The first-order valence-corrected chi connectivity index (χ1v) is 7.04. The van der Waals surface area contributed by atoms with Crippen molar-refractivity contribution in [3.63, 3.8) is 0 Å². The van der Waals surface area contributed by atoms with Crippen LogP contribution in [0.5, 0.6) is 0 Å². The van der Waals surface area contributed by atoms with Crippen LogP contribution in [-0.4, -0.2) is 25.0 Å². The third kappa shape index (κ3) is 3.48. The van der Waals surface area contributed by atoms with Crippen LogP contribution in [0.25, 0.3) is 0 Å². The van der Waals surface area contributed by atoms with Crippen LogP contribution in [0.15, 0.2) is 18.2 Å². The molecule has 0 aromatic heterocycles. The van der Waals surface area contributed by atoms with E-state index in [1.807, 2.05) is 6.92 Å². The summed E-state index contributed by atoms with van der Waals surface area (Å²) in [5.41, 5.74) is 7.77. The number of hydrogen-bond donors (Lipinski definition) is 2. The summed E-state index contributed by atoms with van der Waals surface area (Å²) in [6.45, 7) is 5.09. The van der Waals surface area contributed by atoms with E-state index >= 15 is 0 Å². The van der Waals surface area contributed by atoms with Crippen molar-refractivity contribution in [2.75, 3.05) is 18.0 Å². The lowest BCUT2D eigenvalue weighted by molar-refractivity contribution is -0.119. The Kier molecular flexibility index (Phi) is 4.60. The quantitative estimate of drug-likeness (QED) is 0.889. The topological polar surface area (TPSA) is 58.4 Å². The molecule has 1 heterocycles. The van der Waals surface area contributed by atoms with Gasteiger partial charge >= 0.3 is 0 Å². The highest BCUT2D eigenvalue weighted by Gasteiger charge is 2.22. The maximum absolute atomic E-state index is 13.4. The molecule has 0 spiro atoms. The van der Waals surface area contributed by atoms with Gasteiger partial charge in [-0.15, -0.1) is 0 Å². The zero-order valence-corrected chi connectivity index (χ0v) is 12.0. The van der Waals surface area contributed by atoms with Gasteiger partial charge in [-0.2, -0.15) is 0 Å². The van der Waals surface area contributed by atoms with E-state index in [0.717, 1.165) is 37.2 Å². The van der Waals surface area contributed by atoms with Crippen LogP contribution >= 0.6 is 0 Å². The number of piperidine rings is 1. The molecule has 0 bridgehead atoms. The number of hydrogen-bond acceptors (Lipinski definition) is 3. The third-order valence-corrected chi connectivity index (χ3v) is 3.72. The van der Waals surface area contributed by atoms with Crippen molar-refractivity contribution in [2.45, 2.75) is 38.8 Å². The molecular formula is C15H22FN3O. The number of benzene rings is 1. The second-order valence-electron chi connectivity index (χ2n) is 5.45. The normalized spacial score (nSPS) is 17.9. The fraction of sp³-hybridized carbons (Fsp3) is 0.533. The summed E-state index contributed by atoms with van der Waals surface area (Å²) in [6, 6.07) is 4.82. The van der Waals surface area contributed by atoms with E-state index in [1.54, 1.807) is 13.0 Å². The molecule has 0 aliphatic carbocycles. The van der Waals surface area contributed by atoms with Crippen LogP contribution in [-0.2, 0) is 4.79 Å². The van der Waals surface area contributed by atoms with Crippen molar-refractivity contribution in [1.82, 2.24) is 5.32 Å². The number of halogens is 1. The second kappa shape index (κ2) is 6.22. The van der Waals surface area contributed by atoms with Crippen molar-refractivity contribution >= 4 is 11.6 Å². The van der Waals surface area contributed by atoms with Crippen molar-refractivity contribution in [2.24, 2.45) is 5.73 Å². The number of nitrogens with two attached hydrogens (primary N) is 1. The standard InChI is InChI=1S/C15H22FN3O/c1-10(17)14-9-12(16)3-4-15(14)19-7-5-13(6-8-19)18-11(2)20/h3-4,9-10,13H,5-8,17H2,1-2H3,(H,18,20)/t10-/m0/s1. The highest BCUT2D eigenvalue weighted by atomic mass is 19.1. The number of amides is 1. The fourth-order valence-corrected chi connectivity index (χ4v) is 2.73. The first kappa shape index (κ1) is 14.8. The predicted octanol–water partition coefficient (Wildman–Crippen LogP) is 1.95. The van der Waals surface area contributed by atoms with Crippen LogP contribution in [0.2, 0.25) is 0 Å². The molecule has 0 saturated carbocycles. The Morgan fingerprint density at radius 3 is 2.65 bits per heavy atom. The first-order valence-electron chi connectivity index (χ1n) is 7.04. The Hall–Kier alpha value is -1.62. The number of carbonyl (C=O) groups excluding carboxylic acids is 1. The third-order valence-electron chi connectivity index (χ3n) is 3.72. The highest BCUT2D eigenvalue weighted by Crippen LogP contribution is 2.28. The van der Waals surface area contributed by atoms with Crippen molar-refractivity contribution in [3.8, 4) is 0 Å². The summed E-state index contributed by atoms with van der Waals surface area (Å²) < 4.78 is 13.4. The zero-order valence-electron chi connectivity index (χ0n) is 12.0. The lowest BCUT2D eigenvalue weighted by Crippen LogP contribution is -2.44. The van der Waals surface area contributed by atoms with E-state index in [2.05, 4.69) is 10.2 Å². The van der Waals surface area contributed by atoms with Crippen LogP contribution in [0.4, 0.5) is 10.1 Å². The van der Waals surface area contributed by atoms with Gasteiger partial charge in [-0.25, -0.2) is 4.39 Å². The highest BCUT2D eigenvalue weighted by molar-refractivity contribution is 5.73. The molecule has 20 heavy (non-hydrogen) atoms. The molecule has 1 fully saturated rings. The molecule has 0 radical (unpaired) electrons. The fourth-order valence-electron chi connectivity index (χ4n) is 2.73. The van der Waals surface area contributed by atoms with E-state index in [4.69, 9.17) is 5.73 Å². The number of anilines is 1. The van der Waals surface area contributed by atoms with Crippen molar-refractivity contribution in [3.05, 3.63) is 29.6 Å². The lowest BCUT2D eigenvalue weighted by Gasteiger charge is -2.35. The molecule has 110 valence electrons. The van der Waals surface area contributed by atoms with Crippen LogP contribution in [0.3, 0.4) is 0 Å². The largest absolute Gasteiger partial charge is 0.371 e. The van der Waals surface area contributed by atoms with E-state index < -0.39 is 0 Å². The van der Waals surface area contributed by atoms with Gasteiger partial charge in [0, 0.05) is 37.8 Å². The monoisotopic (exact) mass is 279 g/mol. The first-order chi connectivity index (χ1) is 9.47. The molecule has 4 nitrogen and oxygen atoms in total. The van der Waals surface area contributed by atoms with Gasteiger partial charge in [-0.05, 0) is 43.5 Å². The molecule has 5 heteroatoms. The Labute approximate surface area is 119 Å². The number of nitrogens with one attached hydrogen (secondary N) is 1. The average molecular weight is 279 g/mol. The summed E-state index contributed by atoms with van der Waals surface area (Å²) in [5.74, 6) is -0.240. The van der Waals surface area contributed by atoms with Crippen LogP contribution in [0, 0.1) is 5.82 Å². The van der Waals surface area contributed by atoms with Crippen molar-refractivity contribution in [1.29, 1.82) is 0 Å².